The van der Waals surface area contributed by atoms with Gasteiger partial charge in [0.15, 0.2) is 79.8 Å². The predicted molar refractivity (Wildman–Crippen MR) is 307 cm³/mol. The standard InChI is InChI=1S/2C16H24O6.2C6F4I2.2CH4N2S/c2*1-2-4-16-15(3-1)21-13-11-19-9-7-17-5-6-18-8-10-20-12-14-22-16;2*7-1-2(8)6(12)4(10)3(9)5(1)11;2*2-1(3)4/h2*1-4H,5-14H2;;;2*(H4,2,3,4). The minimum absolute atomic E-state index is 0.000000000000000222. The van der Waals surface area contributed by atoms with Crippen molar-refractivity contribution in [1.29, 1.82) is 0 Å². The van der Waals surface area contributed by atoms with Gasteiger partial charge in [-0.25, -0.2) is 35.1 Å². The molecule has 8 N–H and O–H groups in total. The van der Waals surface area contributed by atoms with Crippen molar-refractivity contribution in [3.05, 3.63) is 109 Å². The Morgan fingerprint density at radius 3 is 0.539 bits per heavy atom. The lowest BCUT2D eigenvalue weighted by molar-refractivity contribution is -0.00841. The molecule has 428 valence electrons. The quantitative estimate of drug-likeness (QED) is 0.0428. The molecule has 0 bridgehead atoms. The maximum absolute atomic E-state index is 12.6. The number of thiocarbonyl (C=S) groups is 2. The molecule has 4 aromatic carbocycles. The van der Waals surface area contributed by atoms with Gasteiger partial charge in [0, 0.05) is 0 Å². The van der Waals surface area contributed by atoms with Crippen LogP contribution in [0.1, 0.15) is 0 Å². The molecular weight excluding hydrogens is 1520 g/mol. The van der Waals surface area contributed by atoms with Crippen molar-refractivity contribution in [3.63, 3.8) is 0 Å². The van der Waals surface area contributed by atoms with Gasteiger partial charge in [0.25, 0.3) is 0 Å². The highest BCUT2D eigenvalue weighted by atomic mass is 127. The third-order valence-electron chi connectivity index (χ3n) is 8.18. The normalized spacial score (nSPS) is 15.4. The van der Waals surface area contributed by atoms with E-state index >= 15 is 0 Å². The average molecular weight is 1580 g/mol. The van der Waals surface area contributed by atoms with Crippen molar-refractivity contribution in [1.82, 2.24) is 0 Å². The second kappa shape index (κ2) is 44.3. The summed E-state index contributed by atoms with van der Waals surface area (Å²) in [4.78, 5) is 0. The van der Waals surface area contributed by atoms with Crippen LogP contribution >= 0.6 is 115 Å². The van der Waals surface area contributed by atoms with Crippen LogP contribution in [0, 0.1) is 60.8 Å². The summed E-state index contributed by atoms with van der Waals surface area (Å²) in [5, 5.41) is 0.000000000000000444. The van der Waals surface area contributed by atoms with Gasteiger partial charge in [-0.2, -0.15) is 0 Å². The van der Waals surface area contributed by atoms with E-state index in [4.69, 9.17) is 56.8 Å². The molecule has 6 rings (SSSR count). The molecule has 0 fully saturated rings. The first kappa shape index (κ1) is 71.5. The number of ether oxygens (including phenoxy) is 12. The van der Waals surface area contributed by atoms with Crippen LogP contribution in [-0.2, 0) is 37.9 Å². The number of para-hydroxylation sites is 4. The van der Waals surface area contributed by atoms with Gasteiger partial charge in [0.2, 0.25) is 0 Å². The Bertz CT molecular complexity index is 1860. The van der Waals surface area contributed by atoms with E-state index in [1.54, 1.807) is 0 Å². The third-order valence-corrected chi connectivity index (χ3v) is 12.0. The number of halogens is 12. The van der Waals surface area contributed by atoms with E-state index in [-0.39, 0.29) is 10.2 Å². The Labute approximate surface area is 499 Å². The van der Waals surface area contributed by atoms with Crippen LogP contribution in [0.5, 0.6) is 23.0 Å². The van der Waals surface area contributed by atoms with Crippen molar-refractivity contribution in [2.75, 3.05) is 132 Å². The van der Waals surface area contributed by atoms with Crippen molar-refractivity contribution in [2.45, 2.75) is 0 Å². The smallest absolute Gasteiger partial charge is 0.176 e. The predicted octanol–water partition coefficient (Wildman–Crippen LogP) is 8.33. The third kappa shape index (κ3) is 31.9. The number of benzene rings is 4. The van der Waals surface area contributed by atoms with E-state index in [0.717, 1.165) is 0 Å². The maximum Gasteiger partial charge on any atom is 0.176 e. The van der Waals surface area contributed by atoms with E-state index in [0.29, 0.717) is 155 Å². The second-order valence-electron chi connectivity index (χ2n) is 13.8. The number of rotatable bonds is 0. The van der Waals surface area contributed by atoms with Gasteiger partial charge in [-0.05, 0) is 139 Å². The highest BCUT2D eigenvalue weighted by Crippen LogP contribution is 2.29. The fraction of sp³-hybridized carbons (Fsp3) is 0.435. The van der Waals surface area contributed by atoms with E-state index in [1.807, 2.05) is 48.5 Å². The number of hydrogen-bond donors (Lipinski definition) is 4. The zero-order valence-corrected chi connectivity index (χ0v) is 50.6. The fourth-order valence-corrected chi connectivity index (χ4v) is 6.79. The van der Waals surface area contributed by atoms with Crippen LogP contribution in [-0.4, -0.2) is 142 Å². The molecule has 2 aliphatic rings. The zero-order chi connectivity index (χ0) is 56.7. The Morgan fingerprint density at radius 2 is 0.408 bits per heavy atom. The van der Waals surface area contributed by atoms with Crippen LogP contribution in [0.15, 0.2) is 48.5 Å². The summed E-state index contributed by atoms with van der Waals surface area (Å²) in [6, 6.07) is 15.2. The Balaban J connectivity index is 0.000000498. The van der Waals surface area contributed by atoms with Gasteiger partial charge in [-0.3, -0.25) is 0 Å². The topological polar surface area (TPSA) is 215 Å². The molecule has 0 radical (unpaired) electrons. The molecule has 2 heterocycles. The Kier molecular flexibility index (Phi) is 41.7. The van der Waals surface area contributed by atoms with E-state index < -0.39 is 60.8 Å². The van der Waals surface area contributed by atoms with Crippen molar-refractivity contribution in [2.24, 2.45) is 22.9 Å². The van der Waals surface area contributed by atoms with Crippen molar-refractivity contribution in [3.8, 4) is 23.0 Å². The maximum atomic E-state index is 12.6. The SMILES string of the molecule is Fc1c(F)c(I)c(F)c(F)c1I.Fc1c(F)c(I)c(F)c(F)c1I.NC(N)=S.NC(N)=S.c1ccc2c(c1)OCCOCCOCCOCCOCCO2.c1ccc2c(c1)OCCOCCOCCOCCOCCO2. The molecule has 0 saturated carbocycles. The number of nitrogens with two attached hydrogens (primary N) is 4. The summed E-state index contributed by atoms with van der Waals surface area (Å²) in [5.41, 5.74) is 18.5. The number of fused-ring (bicyclic) bond motifs is 2. The van der Waals surface area contributed by atoms with Gasteiger partial charge in [0.1, 0.15) is 26.4 Å². The van der Waals surface area contributed by atoms with Crippen LogP contribution in [0.25, 0.3) is 0 Å². The van der Waals surface area contributed by atoms with Crippen LogP contribution in [0.2, 0.25) is 0 Å². The van der Waals surface area contributed by atoms with Gasteiger partial charge in [-0.1, -0.05) is 24.3 Å². The fourth-order valence-electron chi connectivity index (χ4n) is 4.90. The Morgan fingerprint density at radius 1 is 0.289 bits per heavy atom. The first-order chi connectivity index (χ1) is 36.3. The van der Waals surface area contributed by atoms with E-state index in [9.17, 15) is 35.1 Å². The molecule has 30 heteroatoms. The second-order valence-corrected chi connectivity index (χ2v) is 19.0. The van der Waals surface area contributed by atoms with Gasteiger partial charge >= 0.3 is 0 Å². The summed E-state index contributed by atoms with van der Waals surface area (Å²) in [6.07, 6.45) is 0. The summed E-state index contributed by atoms with van der Waals surface area (Å²) >= 11 is 13.0. The first-order valence-corrected chi connectivity index (χ1v) is 27.2. The molecule has 76 heavy (non-hydrogen) atoms. The molecule has 0 spiro atoms. The summed E-state index contributed by atoms with van der Waals surface area (Å²) in [6.45, 7) is 10.6. The lowest BCUT2D eigenvalue weighted by atomic mass is 10.3. The van der Waals surface area contributed by atoms with Crippen LogP contribution in [0.4, 0.5) is 35.1 Å². The Hall–Kier alpha value is -2.50. The molecule has 2 aliphatic heterocycles. The molecular formula is C46H56F8I4N4O12S2. The summed E-state index contributed by atoms with van der Waals surface area (Å²) in [5.74, 6) is -7.93. The molecule has 0 amide bonds. The van der Waals surface area contributed by atoms with E-state index in [2.05, 4.69) is 47.4 Å². The highest BCUT2D eigenvalue weighted by Gasteiger charge is 2.23. The number of hydrogen-bond acceptors (Lipinski definition) is 14. The molecule has 0 atom stereocenters. The molecule has 16 nitrogen and oxygen atoms in total. The highest BCUT2D eigenvalue weighted by molar-refractivity contribution is 14.1. The van der Waals surface area contributed by atoms with Gasteiger partial charge < -0.3 is 79.8 Å². The summed E-state index contributed by atoms with van der Waals surface area (Å²) < 4.78 is 164. The van der Waals surface area contributed by atoms with Crippen LogP contribution < -0.4 is 41.9 Å². The monoisotopic (exact) mass is 1580 g/mol. The molecule has 0 aromatic heterocycles. The zero-order valence-electron chi connectivity index (χ0n) is 40.3. The molecule has 0 aliphatic carbocycles. The minimum Gasteiger partial charge on any atom is -0.487 e. The van der Waals surface area contributed by atoms with E-state index in [1.165, 1.54) is 90.4 Å². The van der Waals surface area contributed by atoms with Gasteiger partial charge in [-0.15, -0.1) is 0 Å². The minimum atomic E-state index is -1.35. The average Bonchev–Trinajstić information content (AvgIpc) is 3.40. The lowest BCUT2D eigenvalue weighted by Crippen LogP contribution is -2.18. The lowest BCUT2D eigenvalue weighted by Gasteiger charge is -2.13. The van der Waals surface area contributed by atoms with Crippen molar-refractivity contribution >= 4 is 125 Å². The van der Waals surface area contributed by atoms with Crippen LogP contribution in [0.3, 0.4) is 0 Å². The molecule has 4 aromatic rings. The first-order valence-electron chi connectivity index (χ1n) is 22.1. The summed E-state index contributed by atoms with van der Waals surface area (Å²) in [7, 11) is 0. The largest absolute Gasteiger partial charge is 0.487 e. The molecule has 0 saturated heterocycles. The van der Waals surface area contributed by atoms with Gasteiger partial charge in [0.05, 0.1) is 120 Å². The molecule has 0 unspecified atom stereocenters. The van der Waals surface area contributed by atoms with Crippen molar-refractivity contribution < 1.29 is 92.0 Å².